The predicted molar refractivity (Wildman–Crippen MR) is 114 cm³/mol. The smallest absolute Gasteiger partial charge is 0.255 e. The van der Waals surface area contributed by atoms with E-state index in [1.54, 1.807) is 12.3 Å². The fourth-order valence-corrected chi connectivity index (χ4v) is 3.13. The van der Waals surface area contributed by atoms with Crippen LogP contribution >= 0.6 is 11.6 Å². The number of aromatic nitrogens is 1. The molecule has 0 aliphatic rings. The average molecular weight is 394 g/mol. The van der Waals surface area contributed by atoms with Crippen LogP contribution in [0.15, 0.2) is 72.9 Å². The highest BCUT2D eigenvalue weighted by atomic mass is 35.5. The number of pyridine rings is 1. The van der Waals surface area contributed by atoms with Gasteiger partial charge in [-0.2, -0.15) is 0 Å². The van der Waals surface area contributed by atoms with E-state index in [-0.39, 0.29) is 5.91 Å². The van der Waals surface area contributed by atoms with Crippen LogP contribution in [0.2, 0.25) is 5.02 Å². The van der Waals surface area contributed by atoms with Crippen molar-refractivity contribution in [3.8, 4) is 11.3 Å². The highest BCUT2D eigenvalue weighted by Crippen LogP contribution is 2.25. The molecule has 0 saturated heterocycles. The van der Waals surface area contributed by atoms with Crippen LogP contribution in [0.1, 0.15) is 15.9 Å². The van der Waals surface area contributed by atoms with Crippen molar-refractivity contribution in [2.24, 2.45) is 0 Å². The third kappa shape index (κ3) is 5.18. The second kappa shape index (κ2) is 9.49. The van der Waals surface area contributed by atoms with Crippen LogP contribution in [0.3, 0.4) is 0 Å². The van der Waals surface area contributed by atoms with Crippen molar-refractivity contribution >= 4 is 17.5 Å². The Balaban J connectivity index is 1.90. The lowest BCUT2D eigenvalue weighted by Crippen LogP contribution is -2.36. The van der Waals surface area contributed by atoms with E-state index in [0.29, 0.717) is 23.7 Å². The molecule has 0 atom stereocenters. The zero-order valence-electron chi connectivity index (χ0n) is 16.2. The van der Waals surface area contributed by atoms with Gasteiger partial charge in [-0.1, -0.05) is 54.1 Å². The van der Waals surface area contributed by atoms with Gasteiger partial charge in [0.05, 0.1) is 16.3 Å². The van der Waals surface area contributed by atoms with Crippen LogP contribution in [0, 0.1) is 0 Å². The first-order valence-corrected chi connectivity index (χ1v) is 9.61. The molecule has 0 aliphatic carbocycles. The van der Waals surface area contributed by atoms with Gasteiger partial charge in [0, 0.05) is 31.4 Å². The first-order valence-electron chi connectivity index (χ1n) is 9.23. The van der Waals surface area contributed by atoms with Crippen LogP contribution in [-0.4, -0.2) is 47.9 Å². The number of carbonyl (C=O) groups excluding carboxylic acids is 1. The summed E-state index contributed by atoms with van der Waals surface area (Å²) >= 11 is 6.41. The summed E-state index contributed by atoms with van der Waals surface area (Å²) in [6, 6.07) is 21.2. The van der Waals surface area contributed by atoms with Crippen LogP contribution in [0.4, 0.5) is 0 Å². The molecule has 0 radical (unpaired) electrons. The average Bonchev–Trinajstić information content (AvgIpc) is 2.72. The summed E-state index contributed by atoms with van der Waals surface area (Å²) in [5, 5.41) is 0.451. The van der Waals surface area contributed by atoms with Crippen molar-refractivity contribution in [1.82, 2.24) is 14.8 Å². The van der Waals surface area contributed by atoms with Gasteiger partial charge in [0.1, 0.15) is 0 Å². The lowest BCUT2D eigenvalue weighted by molar-refractivity contribution is 0.0732. The summed E-state index contributed by atoms with van der Waals surface area (Å²) in [7, 11) is 4.00. The molecule has 144 valence electrons. The number of amides is 1. The molecule has 28 heavy (non-hydrogen) atoms. The first kappa shape index (κ1) is 20.1. The van der Waals surface area contributed by atoms with E-state index in [9.17, 15) is 4.79 Å². The van der Waals surface area contributed by atoms with Crippen LogP contribution in [0.25, 0.3) is 11.3 Å². The Hall–Kier alpha value is -2.69. The van der Waals surface area contributed by atoms with Crippen molar-refractivity contribution in [3.63, 3.8) is 0 Å². The fourth-order valence-electron chi connectivity index (χ4n) is 2.93. The Kier molecular flexibility index (Phi) is 6.80. The molecule has 1 heterocycles. The highest BCUT2D eigenvalue weighted by molar-refractivity contribution is 6.34. The minimum Gasteiger partial charge on any atom is -0.333 e. The number of nitrogens with zero attached hydrogens (tertiary/aromatic N) is 3. The van der Waals surface area contributed by atoms with Gasteiger partial charge >= 0.3 is 0 Å². The van der Waals surface area contributed by atoms with Gasteiger partial charge in [0.15, 0.2) is 0 Å². The lowest BCUT2D eigenvalue weighted by atomic mass is 10.1. The molecule has 1 amide bonds. The zero-order valence-corrected chi connectivity index (χ0v) is 16.9. The van der Waals surface area contributed by atoms with E-state index in [1.165, 1.54) is 0 Å². The van der Waals surface area contributed by atoms with Gasteiger partial charge in [-0.3, -0.25) is 9.78 Å². The van der Waals surface area contributed by atoms with Gasteiger partial charge in [-0.25, -0.2) is 0 Å². The third-order valence-electron chi connectivity index (χ3n) is 4.48. The van der Waals surface area contributed by atoms with E-state index in [1.807, 2.05) is 79.7 Å². The van der Waals surface area contributed by atoms with Crippen LogP contribution < -0.4 is 0 Å². The molecule has 4 nitrogen and oxygen atoms in total. The summed E-state index contributed by atoms with van der Waals surface area (Å²) in [6.45, 7) is 1.93. The van der Waals surface area contributed by atoms with Crippen molar-refractivity contribution in [1.29, 1.82) is 0 Å². The zero-order chi connectivity index (χ0) is 19.9. The minimum absolute atomic E-state index is 0.0755. The number of carbonyl (C=O) groups is 1. The van der Waals surface area contributed by atoms with E-state index in [0.717, 1.165) is 23.4 Å². The largest absolute Gasteiger partial charge is 0.333 e. The SMILES string of the molecule is CN(C)CCN(Cc1ccccc1)C(=O)c1cc(-c2ccccn2)ccc1Cl. The van der Waals surface area contributed by atoms with E-state index < -0.39 is 0 Å². The summed E-state index contributed by atoms with van der Waals surface area (Å²) in [5.41, 5.74) is 3.28. The molecular formula is C23H24ClN3O. The number of hydrogen-bond donors (Lipinski definition) is 0. The lowest BCUT2D eigenvalue weighted by Gasteiger charge is -2.25. The Morgan fingerprint density at radius 2 is 1.71 bits per heavy atom. The second-order valence-electron chi connectivity index (χ2n) is 6.93. The van der Waals surface area contributed by atoms with E-state index >= 15 is 0 Å². The molecule has 1 aromatic heterocycles. The topological polar surface area (TPSA) is 36.4 Å². The van der Waals surface area contributed by atoms with Crippen LogP contribution in [0.5, 0.6) is 0 Å². The predicted octanol–water partition coefficient (Wildman–Crippen LogP) is 4.61. The first-order chi connectivity index (χ1) is 13.5. The molecule has 0 N–H and O–H groups in total. The molecule has 0 fully saturated rings. The molecule has 3 rings (SSSR count). The molecule has 0 saturated carbocycles. The Morgan fingerprint density at radius 1 is 0.964 bits per heavy atom. The molecule has 5 heteroatoms. The fraction of sp³-hybridized carbons (Fsp3) is 0.217. The normalized spacial score (nSPS) is 10.9. The Morgan fingerprint density at radius 3 is 2.39 bits per heavy atom. The summed E-state index contributed by atoms with van der Waals surface area (Å²) in [4.78, 5) is 21.7. The van der Waals surface area contributed by atoms with Gasteiger partial charge in [0.2, 0.25) is 0 Å². The third-order valence-corrected chi connectivity index (χ3v) is 4.81. The molecule has 0 spiro atoms. The number of hydrogen-bond acceptors (Lipinski definition) is 3. The number of benzene rings is 2. The van der Waals surface area contributed by atoms with Gasteiger partial charge < -0.3 is 9.80 Å². The maximum absolute atomic E-state index is 13.4. The number of halogens is 1. The molecule has 0 bridgehead atoms. The monoisotopic (exact) mass is 393 g/mol. The molecule has 0 unspecified atom stereocenters. The van der Waals surface area contributed by atoms with Crippen molar-refractivity contribution in [2.45, 2.75) is 6.54 Å². The maximum atomic E-state index is 13.4. The molecule has 0 aliphatic heterocycles. The second-order valence-corrected chi connectivity index (χ2v) is 7.33. The summed E-state index contributed by atoms with van der Waals surface area (Å²) in [5.74, 6) is -0.0755. The van der Waals surface area contributed by atoms with Gasteiger partial charge in [-0.15, -0.1) is 0 Å². The van der Waals surface area contributed by atoms with Gasteiger partial charge in [-0.05, 0) is 43.9 Å². The van der Waals surface area contributed by atoms with Crippen molar-refractivity contribution in [3.05, 3.63) is 89.1 Å². The van der Waals surface area contributed by atoms with Crippen molar-refractivity contribution < 1.29 is 4.79 Å². The maximum Gasteiger partial charge on any atom is 0.255 e. The van der Waals surface area contributed by atoms with Crippen LogP contribution in [-0.2, 0) is 6.54 Å². The minimum atomic E-state index is -0.0755. The quantitative estimate of drug-likeness (QED) is 0.588. The Labute approximate surface area is 171 Å². The summed E-state index contributed by atoms with van der Waals surface area (Å²) < 4.78 is 0. The number of likely N-dealkylation sites (N-methyl/N-ethyl adjacent to an activating group) is 1. The standard InChI is InChI=1S/C23H24ClN3O/c1-26(2)14-15-27(17-18-8-4-3-5-9-18)23(28)20-16-19(11-12-21(20)24)22-10-6-7-13-25-22/h3-13,16H,14-15,17H2,1-2H3. The van der Waals surface area contributed by atoms with Gasteiger partial charge in [0.25, 0.3) is 5.91 Å². The van der Waals surface area contributed by atoms with E-state index in [4.69, 9.17) is 11.6 Å². The Bertz CT molecular complexity index is 914. The van der Waals surface area contributed by atoms with E-state index in [2.05, 4.69) is 9.88 Å². The molecule has 2 aromatic carbocycles. The number of rotatable bonds is 7. The molecule has 3 aromatic rings. The van der Waals surface area contributed by atoms with Crippen molar-refractivity contribution in [2.75, 3.05) is 27.2 Å². The highest BCUT2D eigenvalue weighted by Gasteiger charge is 2.20. The molecular weight excluding hydrogens is 370 g/mol. The summed E-state index contributed by atoms with van der Waals surface area (Å²) in [6.07, 6.45) is 1.74.